The van der Waals surface area contributed by atoms with E-state index in [0.29, 0.717) is 10.5 Å². The first kappa shape index (κ1) is 17.2. The summed E-state index contributed by atoms with van der Waals surface area (Å²) in [6.45, 7) is 6.58. The Labute approximate surface area is 129 Å². The zero-order valence-corrected chi connectivity index (χ0v) is 15.0. The molecule has 0 amide bonds. The third-order valence-corrected chi connectivity index (χ3v) is 5.50. The standard InChI is InChI=1S/C12H24N4S3/c1-9(7-15(3)4)17-11-13-14-12(19-11)18-10(2)8-16(5)6/h9-10H,7-8H2,1-6H3. The highest BCUT2D eigenvalue weighted by molar-refractivity contribution is 8.03. The summed E-state index contributed by atoms with van der Waals surface area (Å²) in [6, 6.07) is 0. The minimum absolute atomic E-state index is 0.542. The molecule has 110 valence electrons. The van der Waals surface area contributed by atoms with Crippen LogP contribution in [0.3, 0.4) is 0 Å². The van der Waals surface area contributed by atoms with E-state index in [1.165, 1.54) is 0 Å². The van der Waals surface area contributed by atoms with Gasteiger partial charge < -0.3 is 9.80 Å². The zero-order valence-electron chi connectivity index (χ0n) is 12.6. The van der Waals surface area contributed by atoms with Gasteiger partial charge in [-0.25, -0.2) is 0 Å². The maximum absolute atomic E-state index is 4.27. The molecule has 0 saturated carbocycles. The normalized spacial score (nSPS) is 15.2. The quantitative estimate of drug-likeness (QED) is 0.685. The van der Waals surface area contributed by atoms with E-state index in [1.807, 2.05) is 23.5 Å². The van der Waals surface area contributed by atoms with E-state index < -0.39 is 0 Å². The van der Waals surface area contributed by atoms with Gasteiger partial charge in [-0.3, -0.25) is 0 Å². The van der Waals surface area contributed by atoms with Crippen LogP contribution in [0.1, 0.15) is 13.8 Å². The van der Waals surface area contributed by atoms with E-state index in [0.717, 1.165) is 21.8 Å². The van der Waals surface area contributed by atoms with E-state index in [4.69, 9.17) is 0 Å². The van der Waals surface area contributed by atoms with Crippen LogP contribution in [0.25, 0.3) is 0 Å². The average molecular weight is 321 g/mol. The summed E-state index contributed by atoms with van der Waals surface area (Å²) < 4.78 is 2.16. The van der Waals surface area contributed by atoms with Crippen molar-refractivity contribution in [3.8, 4) is 0 Å². The van der Waals surface area contributed by atoms with Crippen molar-refractivity contribution in [2.45, 2.75) is 33.0 Å². The van der Waals surface area contributed by atoms with E-state index in [2.05, 4.69) is 62.0 Å². The summed E-state index contributed by atoms with van der Waals surface area (Å²) in [5, 5.41) is 9.63. The van der Waals surface area contributed by atoms with Gasteiger partial charge in [0.15, 0.2) is 8.68 Å². The molecule has 1 aromatic heterocycles. The van der Waals surface area contributed by atoms with Gasteiger partial charge in [0.25, 0.3) is 0 Å². The molecule has 1 rings (SSSR count). The monoisotopic (exact) mass is 320 g/mol. The second-order valence-electron chi connectivity index (χ2n) is 5.22. The number of aromatic nitrogens is 2. The Balaban J connectivity index is 2.43. The van der Waals surface area contributed by atoms with Gasteiger partial charge in [0.1, 0.15) is 0 Å². The van der Waals surface area contributed by atoms with Crippen molar-refractivity contribution in [3.63, 3.8) is 0 Å². The van der Waals surface area contributed by atoms with Crippen LogP contribution in [-0.2, 0) is 0 Å². The second kappa shape index (κ2) is 8.46. The lowest BCUT2D eigenvalue weighted by atomic mass is 10.4. The molecule has 0 bridgehead atoms. The van der Waals surface area contributed by atoms with Crippen molar-refractivity contribution in [1.29, 1.82) is 0 Å². The Morgan fingerprint density at radius 2 is 1.26 bits per heavy atom. The summed E-state index contributed by atoms with van der Waals surface area (Å²) >= 11 is 5.34. The first-order valence-electron chi connectivity index (χ1n) is 6.33. The molecule has 1 heterocycles. The van der Waals surface area contributed by atoms with Crippen molar-refractivity contribution in [1.82, 2.24) is 20.0 Å². The Hall–Kier alpha value is 0.180. The largest absolute Gasteiger partial charge is 0.308 e. The third kappa shape index (κ3) is 7.51. The lowest BCUT2D eigenvalue weighted by Crippen LogP contribution is -2.21. The predicted octanol–water partition coefficient (Wildman–Crippen LogP) is 2.62. The summed E-state index contributed by atoms with van der Waals surface area (Å²) in [7, 11) is 8.39. The molecule has 7 heteroatoms. The zero-order chi connectivity index (χ0) is 14.4. The van der Waals surface area contributed by atoms with Crippen LogP contribution in [0.4, 0.5) is 0 Å². The number of rotatable bonds is 8. The van der Waals surface area contributed by atoms with Crippen LogP contribution >= 0.6 is 34.9 Å². The van der Waals surface area contributed by atoms with Gasteiger partial charge >= 0.3 is 0 Å². The predicted molar refractivity (Wildman–Crippen MR) is 87.7 cm³/mol. The maximum atomic E-state index is 4.27. The third-order valence-electron chi connectivity index (χ3n) is 2.24. The van der Waals surface area contributed by atoms with E-state index >= 15 is 0 Å². The van der Waals surface area contributed by atoms with Crippen LogP contribution in [0.15, 0.2) is 8.68 Å². The molecule has 2 unspecified atom stereocenters. The van der Waals surface area contributed by atoms with Gasteiger partial charge in [-0.05, 0) is 28.2 Å². The first-order chi connectivity index (χ1) is 8.86. The summed E-state index contributed by atoms with van der Waals surface area (Å²) in [5.74, 6) is 0. The summed E-state index contributed by atoms with van der Waals surface area (Å²) in [6.07, 6.45) is 0. The molecule has 0 fully saturated rings. The Kier molecular flexibility index (Phi) is 7.68. The second-order valence-corrected chi connectivity index (χ2v) is 9.56. The van der Waals surface area contributed by atoms with Gasteiger partial charge in [0.05, 0.1) is 0 Å². The van der Waals surface area contributed by atoms with Crippen molar-refractivity contribution in [2.75, 3.05) is 41.3 Å². The molecule has 0 aliphatic rings. The van der Waals surface area contributed by atoms with Gasteiger partial charge in [0.2, 0.25) is 0 Å². The maximum Gasteiger partial charge on any atom is 0.175 e. The number of hydrogen-bond donors (Lipinski definition) is 0. The highest BCUT2D eigenvalue weighted by Crippen LogP contribution is 2.33. The highest BCUT2D eigenvalue weighted by Gasteiger charge is 2.13. The molecular formula is C12H24N4S3. The van der Waals surface area contributed by atoms with Crippen LogP contribution < -0.4 is 0 Å². The van der Waals surface area contributed by atoms with Gasteiger partial charge in [-0.2, -0.15) is 0 Å². The smallest absolute Gasteiger partial charge is 0.175 e. The molecule has 0 saturated heterocycles. The molecule has 0 aliphatic carbocycles. The van der Waals surface area contributed by atoms with Crippen LogP contribution in [0.5, 0.6) is 0 Å². The molecule has 0 radical (unpaired) electrons. The fraction of sp³-hybridized carbons (Fsp3) is 0.833. The number of hydrogen-bond acceptors (Lipinski definition) is 7. The van der Waals surface area contributed by atoms with Gasteiger partial charge in [0, 0.05) is 23.6 Å². The molecule has 0 aromatic carbocycles. The summed E-state index contributed by atoms with van der Waals surface area (Å²) in [5.41, 5.74) is 0. The molecular weight excluding hydrogens is 296 g/mol. The molecule has 19 heavy (non-hydrogen) atoms. The molecule has 0 aliphatic heterocycles. The Morgan fingerprint density at radius 3 is 1.58 bits per heavy atom. The van der Waals surface area contributed by atoms with Crippen molar-refractivity contribution < 1.29 is 0 Å². The molecule has 4 nitrogen and oxygen atoms in total. The van der Waals surface area contributed by atoms with Crippen molar-refractivity contribution in [3.05, 3.63) is 0 Å². The summed E-state index contributed by atoms with van der Waals surface area (Å²) in [4.78, 5) is 4.40. The minimum Gasteiger partial charge on any atom is -0.308 e. The molecule has 2 atom stereocenters. The van der Waals surface area contributed by atoms with Crippen molar-refractivity contribution >= 4 is 34.9 Å². The van der Waals surface area contributed by atoms with Gasteiger partial charge in [-0.15, -0.1) is 10.2 Å². The van der Waals surface area contributed by atoms with Gasteiger partial charge in [-0.1, -0.05) is 48.7 Å². The highest BCUT2D eigenvalue weighted by atomic mass is 32.2. The Morgan fingerprint density at radius 1 is 0.895 bits per heavy atom. The first-order valence-corrected chi connectivity index (χ1v) is 8.90. The van der Waals surface area contributed by atoms with Crippen LogP contribution in [0.2, 0.25) is 0 Å². The molecule has 0 N–H and O–H groups in total. The fourth-order valence-electron chi connectivity index (χ4n) is 1.74. The topological polar surface area (TPSA) is 32.3 Å². The van der Waals surface area contributed by atoms with E-state index in [1.54, 1.807) is 11.3 Å². The minimum atomic E-state index is 0.542. The van der Waals surface area contributed by atoms with E-state index in [9.17, 15) is 0 Å². The lowest BCUT2D eigenvalue weighted by molar-refractivity contribution is 0.413. The number of nitrogens with zero attached hydrogens (tertiary/aromatic N) is 4. The van der Waals surface area contributed by atoms with Crippen molar-refractivity contribution in [2.24, 2.45) is 0 Å². The SMILES string of the molecule is CC(CN(C)C)Sc1nnc(SC(C)CN(C)C)s1. The number of thioether (sulfide) groups is 2. The van der Waals surface area contributed by atoms with Crippen LogP contribution in [-0.4, -0.2) is 71.8 Å². The lowest BCUT2D eigenvalue weighted by Gasteiger charge is -2.14. The fourth-order valence-corrected chi connectivity index (χ4v) is 5.66. The van der Waals surface area contributed by atoms with Crippen LogP contribution in [0, 0.1) is 0 Å². The van der Waals surface area contributed by atoms with E-state index in [-0.39, 0.29) is 0 Å². The average Bonchev–Trinajstić information content (AvgIpc) is 2.62. The molecule has 0 spiro atoms. The molecule has 1 aromatic rings. The Bertz CT molecular complexity index is 335.